The molecule has 7 atom stereocenters. The lowest BCUT2D eigenvalue weighted by Crippen LogP contribution is -2.55. The molecule has 0 aromatic heterocycles. The van der Waals surface area contributed by atoms with Crippen LogP contribution in [0.4, 0.5) is 0 Å². The third kappa shape index (κ3) is 10.7. The van der Waals surface area contributed by atoms with Crippen molar-refractivity contribution >= 4 is 29.6 Å². The van der Waals surface area contributed by atoms with Gasteiger partial charge in [-0.1, -0.05) is 41.0 Å². The second-order valence-corrected chi connectivity index (χ2v) is 12.3. The molecule has 13 heteroatoms. The Hall–Kier alpha value is -2.77. The molecule has 1 aliphatic heterocycles. The molecule has 0 saturated carbocycles. The number of rotatable bonds is 18. The summed E-state index contributed by atoms with van der Waals surface area (Å²) < 4.78 is 16.2. The molecule has 13 nitrogen and oxygen atoms in total. The summed E-state index contributed by atoms with van der Waals surface area (Å²) in [5.74, 6) is -2.13. The van der Waals surface area contributed by atoms with Crippen LogP contribution in [0, 0.1) is 17.8 Å². The van der Waals surface area contributed by atoms with Gasteiger partial charge in [-0.3, -0.25) is 28.9 Å². The molecule has 254 valence electrons. The molecule has 1 fully saturated rings. The number of likely N-dealkylation sites (tertiary alicyclic amines) is 1. The van der Waals surface area contributed by atoms with Gasteiger partial charge in [-0.2, -0.15) is 0 Å². The summed E-state index contributed by atoms with van der Waals surface area (Å²) in [5, 5.41) is 5.35. The van der Waals surface area contributed by atoms with Gasteiger partial charge in [0.2, 0.25) is 23.6 Å². The molecule has 1 aliphatic rings. The van der Waals surface area contributed by atoms with E-state index in [1.54, 1.807) is 23.8 Å². The third-order valence-electron chi connectivity index (χ3n) is 8.81. The minimum Gasteiger partial charge on any atom is -0.468 e. The lowest BCUT2D eigenvalue weighted by Gasteiger charge is -2.39. The van der Waals surface area contributed by atoms with E-state index in [4.69, 9.17) is 9.47 Å². The highest BCUT2D eigenvalue weighted by molar-refractivity contribution is 5.88. The maximum absolute atomic E-state index is 13.8. The topological polar surface area (TPSA) is 147 Å². The summed E-state index contributed by atoms with van der Waals surface area (Å²) in [6.45, 7) is 9.74. The first kappa shape index (κ1) is 39.3. The maximum Gasteiger partial charge on any atom is 0.325 e. The van der Waals surface area contributed by atoms with Gasteiger partial charge in [0.1, 0.15) is 6.54 Å². The normalized spacial score (nSPS) is 19.1. The first-order valence-electron chi connectivity index (χ1n) is 15.6. The maximum atomic E-state index is 13.8. The smallest absolute Gasteiger partial charge is 0.325 e. The zero-order valence-electron chi connectivity index (χ0n) is 28.7. The Morgan fingerprint density at radius 1 is 0.909 bits per heavy atom. The summed E-state index contributed by atoms with van der Waals surface area (Å²) in [4.78, 5) is 69.3. The van der Waals surface area contributed by atoms with Crippen LogP contribution in [0.2, 0.25) is 0 Å². The summed E-state index contributed by atoms with van der Waals surface area (Å²) in [7, 11) is 9.63. The zero-order valence-corrected chi connectivity index (χ0v) is 28.7. The van der Waals surface area contributed by atoms with E-state index >= 15 is 0 Å². The number of esters is 1. The van der Waals surface area contributed by atoms with Gasteiger partial charge in [-0.05, 0) is 38.8 Å². The number of ether oxygens (including phenoxy) is 3. The van der Waals surface area contributed by atoms with Crippen molar-refractivity contribution in [2.75, 3.05) is 62.1 Å². The van der Waals surface area contributed by atoms with Crippen molar-refractivity contribution in [1.82, 2.24) is 25.3 Å². The summed E-state index contributed by atoms with van der Waals surface area (Å²) in [6, 6.07) is -1.13. The second-order valence-electron chi connectivity index (χ2n) is 12.3. The van der Waals surface area contributed by atoms with E-state index in [0.717, 1.165) is 12.8 Å². The molecular formula is C31H57N5O8. The highest BCUT2D eigenvalue weighted by Crippen LogP contribution is 2.29. The summed E-state index contributed by atoms with van der Waals surface area (Å²) in [5.41, 5.74) is 0. The molecule has 0 spiro atoms. The van der Waals surface area contributed by atoms with Crippen molar-refractivity contribution < 1.29 is 38.2 Å². The van der Waals surface area contributed by atoms with E-state index in [1.165, 1.54) is 21.3 Å². The Bertz CT molecular complexity index is 953. The van der Waals surface area contributed by atoms with E-state index in [1.807, 2.05) is 46.7 Å². The van der Waals surface area contributed by atoms with E-state index in [0.29, 0.717) is 13.0 Å². The standard InChI is InChI=1S/C31H57N5O8/c1-12-20(4)28(35(8)25(38)17-32-31(41)27(19(2)3)34(6)7)23(42-9)16-24(37)36-15-13-14-22(36)29(44-11)21(5)30(40)33-18-26(39)43-10/h19-23,27-29H,12-18H2,1-11H3,(H,32,41)(H,33,40)/t20-,21+,22-,23+,27-,28-,29+/m0/s1. The molecule has 1 saturated heterocycles. The number of nitrogens with zero attached hydrogens (tertiary/aromatic N) is 3. The number of likely N-dealkylation sites (N-methyl/N-ethyl adjacent to an activating group) is 2. The molecule has 44 heavy (non-hydrogen) atoms. The van der Waals surface area contributed by atoms with Gasteiger partial charge in [0.15, 0.2) is 0 Å². The molecule has 0 unspecified atom stereocenters. The lowest BCUT2D eigenvalue weighted by molar-refractivity contribution is -0.146. The van der Waals surface area contributed by atoms with Crippen LogP contribution < -0.4 is 10.6 Å². The Morgan fingerprint density at radius 3 is 2.02 bits per heavy atom. The van der Waals surface area contributed by atoms with Gasteiger partial charge in [-0.15, -0.1) is 0 Å². The SMILES string of the molecule is CC[C@H](C)[C@@H]([C@@H](CC(=O)N1CCC[C@H]1[C@H](OC)[C@@H](C)C(=O)NCC(=O)OC)OC)N(C)C(=O)CNC(=O)[C@H](C(C)C)N(C)C. The average molecular weight is 628 g/mol. The van der Waals surface area contributed by atoms with Crippen molar-refractivity contribution in [2.24, 2.45) is 17.8 Å². The van der Waals surface area contributed by atoms with Crippen molar-refractivity contribution in [2.45, 2.75) is 90.6 Å². The van der Waals surface area contributed by atoms with E-state index in [9.17, 15) is 24.0 Å². The number of amides is 4. The van der Waals surface area contributed by atoms with Crippen LogP contribution in [0.3, 0.4) is 0 Å². The van der Waals surface area contributed by atoms with Gasteiger partial charge in [0.25, 0.3) is 0 Å². The van der Waals surface area contributed by atoms with Crippen LogP contribution in [0.1, 0.15) is 60.3 Å². The molecule has 1 heterocycles. The Morgan fingerprint density at radius 2 is 1.52 bits per heavy atom. The zero-order chi connectivity index (χ0) is 33.7. The second kappa shape index (κ2) is 18.9. The van der Waals surface area contributed by atoms with Crippen molar-refractivity contribution in [3.8, 4) is 0 Å². The number of carbonyl (C=O) groups excluding carboxylic acids is 5. The number of hydrogen-bond donors (Lipinski definition) is 2. The lowest BCUT2D eigenvalue weighted by atomic mass is 9.90. The van der Waals surface area contributed by atoms with Crippen molar-refractivity contribution in [3.63, 3.8) is 0 Å². The van der Waals surface area contributed by atoms with Crippen LogP contribution >= 0.6 is 0 Å². The van der Waals surface area contributed by atoms with Crippen LogP contribution in [-0.2, 0) is 38.2 Å². The molecule has 0 aromatic rings. The predicted octanol–water partition coefficient (Wildman–Crippen LogP) is 0.898. The number of nitrogens with one attached hydrogen (secondary N) is 2. The highest BCUT2D eigenvalue weighted by Gasteiger charge is 2.42. The molecule has 2 N–H and O–H groups in total. The van der Waals surface area contributed by atoms with Crippen LogP contribution in [-0.4, -0.2) is 137 Å². The minimum absolute atomic E-state index is 0.00205. The molecule has 0 aliphatic carbocycles. The Balaban J connectivity index is 3.05. The van der Waals surface area contributed by atoms with Gasteiger partial charge in [0.05, 0.1) is 56.3 Å². The van der Waals surface area contributed by atoms with Gasteiger partial charge >= 0.3 is 5.97 Å². The van der Waals surface area contributed by atoms with Crippen LogP contribution in [0.15, 0.2) is 0 Å². The number of methoxy groups -OCH3 is 3. The first-order valence-corrected chi connectivity index (χ1v) is 15.6. The molecule has 4 amide bonds. The average Bonchev–Trinajstić information content (AvgIpc) is 3.47. The van der Waals surface area contributed by atoms with Gasteiger partial charge < -0.3 is 34.6 Å². The monoisotopic (exact) mass is 627 g/mol. The van der Waals surface area contributed by atoms with Crippen LogP contribution in [0.25, 0.3) is 0 Å². The van der Waals surface area contributed by atoms with Crippen molar-refractivity contribution in [3.05, 3.63) is 0 Å². The molecular weight excluding hydrogens is 570 g/mol. The van der Waals surface area contributed by atoms with Gasteiger partial charge in [0, 0.05) is 27.8 Å². The first-order chi connectivity index (χ1) is 20.7. The van der Waals surface area contributed by atoms with Crippen molar-refractivity contribution in [1.29, 1.82) is 0 Å². The number of carbonyl (C=O) groups is 5. The fraction of sp³-hybridized carbons (Fsp3) is 0.839. The summed E-state index contributed by atoms with van der Waals surface area (Å²) in [6.07, 6.45) is 0.997. The fourth-order valence-electron chi connectivity index (χ4n) is 6.24. The van der Waals surface area contributed by atoms with E-state index in [2.05, 4.69) is 15.4 Å². The highest BCUT2D eigenvalue weighted by atomic mass is 16.5. The summed E-state index contributed by atoms with van der Waals surface area (Å²) >= 11 is 0. The predicted molar refractivity (Wildman–Crippen MR) is 166 cm³/mol. The van der Waals surface area contributed by atoms with E-state index < -0.39 is 30.1 Å². The van der Waals surface area contributed by atoms with E-state index in [-0.39, 0.29) is 67.1 Å². The molecule has 0 radical (unpaired) electrons. The minimum atomic E-state index is -0.629. The Kier molecular flexibility index (Phi) is 16.9. The largest absolute Gasteiger partial charge is 0.468 e. The Labute approximate surface area is 263 Å². The van der Waals surface area contributed by atoms with Gasteiger partial charge in [-0.25, -0.2) is 0 Å². The molecule has 0 aromatic carbocycles. The van der Waals surface area contributed by atoms with Crippen LogP contribution in [0.5, 0.6) is 0 Å². The molecule has 0 bridgehead atoms. The molecule has 1 rings (SSSR count). The third-order valence-corrected chi connectivity index (χ3v) is 8.81. The quantitative estimate of drug-likeness (QED) is 0.212. The number of hydrogen-bond acceptors (Lipinski definition) is 9. The fourth-order valence-corrected chi connectivity index (χ4v) is 6.24.